The molecule has 0 fully saturated rings. The minimum Gasteiger partial charge on any atom is -0.475 e. The zero-order valence-electron chi connectivity index (χ0n) is 11.0. The molecule has 0 aliphatic rings. The molecule has 1 N–H and O–H groups in total. The zero-order valence-corrected chi connectivity index (χ0v) is 11.9. The first-order chi connectivity index (χ1) is 9.10. The molecule has 0 aliphatic heterocycles. The lowest BCUT2D eigenvalue weighted by Gasteiger charge is -2.17. The predicted octanol–water partition coefficient (Wildman–Crippen LogP) is 3.37. The summed E-state index contributed by atoms with van der Waals surface area (Å²) in [6.07, 6.45) is 0. The molecule has 0 saturated carbocycles. The van der Waals surface area contributed by atoms with E-state index >= 15 is 0 Å². The summed E-state index contributed by atoms with van der Waals surface area (Å²) in [5, 5.41) is 11.0. The van der Waals surface area contributed by atoms with Crippen molar-refractivity contribution in [1.82, 2.24) is 4.90 Å². The maximum absolute atomic E-state index is 10.9. The summed E-state index contributed by atoms with van der Waals surface area (Å²) in [6.45, 7) is 6.21. The van der Waals surface area contributed by atoms with Crippen molar-refractivity contribution >= 4 is 17.3 Å². The van der Waals surface area contributed by atoms with Crippen LogP contribution in [0.25, 0.3) is 0 Å². The Morgan fingerprint density at radius 3 is 2.79 bits per heavy atom. The van der Waals surface area contributed by atoms with Crippen LogP contribution in [0.5, 0.6) is 0 Å². The van der Waals surface area contributed by atoms with Crippen LogP contribution in [0.15, 0.2) is 28.0 Å². The first-order valence-corrected chi connectivity index (χ1v) is 7.05. The van der Waals surface area contributed by atoms with Crippen LogP contribution in [0.3, 0.4) is 0 Å². The van der Waals surface area contributed by atoms with Crippen molar-refractivity contribution in [2.24, 2.45) is 0 Å². The minimum atomic E-state index is -1.01. The molecule has 0 aliphatic carbocycles. The second-order valence-corrected chi connectivity index (χ2v) is 5.44. The third-order valence-corrected chi connectivity index (χ3v) is 3.81. The van der Waals surface area contributed by atoms with Crippen LogP contribution in [0.1, 0.15) is 33.7 Å². The van der Waals surface area contributed by atoms with E-state index in [1.807, 2.05) is 6.07 Å². The molecular weight excluding hydrogens is 262 g/mol. The van der Waals surface area contributed by atoms with Crippen LogP contribution in [0.2, 0.25) is 0 Å². The molecule has 2 rings (SSSR count). The van der Waals surface area contributed by atoms with Gasteiger partial charge in [-0.05, 0) is 31.0 Å². The molecule has 2 heterocycles. The molecule has 0 radical (unpaired) electrons. The van der Waals surface area contributed by atoms with Crippen molar-refractivity contribution in [2.45, 2.75) is 26.9 Å². The van der Waals surface area contributed by atoms with Crippen LogP contribution < -0.4 is 0 Å². The van der Waals surface area contributed by atoms with Crippen molar-refractivity contribution in [3.8, 4) is 0 Å². The van der Waals surface area contributed by atoms with Crippen molar-refractivity contribution in [3.05, 3.63) is 45.5 Å². The SMILES string of the molecule is CCN(Cc1cc(C)c(C(=O)O)o1)Cc1cccs1. The number of hydrogen-bond acceptors (Lipinski definition) is 4. The van der Waals surface area contributed by atoms with Gasteiger partial charge in [-0.2, -0.15) is 0 Å². The Kier molecular flexibility index (Phi) is 4.39. The molecule has 4 nitrogen and oxygen atoms in total. The average Bonchev–Trinajstić information content (AvgIpc) is 2.98. The molecular formula is C14H17NO3S. The van der Waals surface area contributed by atoms with E-state index in [0.717, 1.165) is 13.1 Å². The number of furan rings is 1. The Hall–Kier alpha value is -1.59. The van der Waals surface area contributed by atoms with Crippen LogP contribution in [-0.4, -0.2) is 22.5 Å². The minimum absolute atomic E-state index is 0.0437. The molecule has 0 unspecified atom stereocenters. The first kappa shape index (κ1) is 13.8. The van der Waals surface area contributed by atoms with Gasteiger partial charge in [0.1, 0.15) is 5.76 Å². The van der Waals surface area contributed by atoms with E-state index in [1.165, 1.54) is 4.88 Å². The number of carboxylic acid groups (broad SMARTS) is 1. The van der Waals surface area contributed by atoms with E-state index in [-0.39, 0.29) is 5.76 Å². The number of aryl methyl sites for hydroxylation is 1. The van der Waals surface area contributed by atoms with Crippen molar-refractivity contribution in [2.75, 3.05) is 6.54 Å². The molecule has 0 spiro atoms. The highest BCUT2D eigenvalue weighted by atomic mass is 32.1. The lowest BCUT2D eigenvalue weighted by molar-refractivity contribution is 0.0657. The van der Waals surface area contributed by atoms with Gasteiger partial charge in [0.15, 0.2) is 0 Å². The fourth-order valence-electron chi connectivity index (χ4n) is 1.96. The van der Waals surface area contributed by atoms with E-state index in [4.69, 9.17) is 9.52 Å². The normalized spacial score (nSPS) is 11.1. The van der Waals surface area contributed by atoms with E-state index in [0.29, 0.717) is 17.9 Å². The van der Waals surface area contributed by atoms with Gasteiger partial charge in [-0.3, -0.25) is 4.90 Å². The molecule has 0 atom stereocenters. The van der Waals surface area contributed by atoms with E-state index < -0.39 is 5.97 Å². The molecule has 0 bridgehead atoms. The molecule has 102 valence electrons. The third-order valence-electron chi connectivity index (χ3n) is 2.95. The van der Waals surface area contributed by atoms with Gasteiger partial charge >= 0.3 is 5.97 Å². The Morgan fingerprint density at radius 1 is 1.47 bits per heavy atom. The van der Waals surface area contributed by atoms with Gasteiger partial charge in [0.25, 0.3) is 0 Å². The summed E-state index contributed by atoms with van der Waals surface area (Å²) < 4.78 is 5.39. The second-order valence-electron chi connectivity index (χ2n) is 4.41. The molecule has 2 aromatic heterocycles. The summed E-state index contributed by atoms with van der Waals surface area (Å²) in [4.78, 5) is 14.5. The summed E-state index contributed by atoms with van der Waals surface area (Å²) in [6, 6.07) is 5.94. The first-order valence-electron chi connectivity index (χ1n) is 6.17. The molecule has 19 heavy (non-hydrogen) atoms. The standard InChI is InChI=1S/C14H17NO3S/c1-3-15(9-12-5-4-6-19-12)8-11-7-10(2)13(18-11)14(16)17/h4-7H,3,8-9H2,1-2H3,(H,16,17). The lowest BCUT2D eigenvalue weighted by Crippen LogP contribution is -2.21. The molecule has 0 aromatic carbocycles. The van der Waals surface area contributed by atoms with Crippen molar-refractivity contribution in [3.63, 3.8) is 0 Å². The predicted molar refractivity (Wildman–Crippen MR) is 74.5 cm³/mol. The van der Waals surface area contributed by atoms with Crippen LogP contribution in [-0.2, 0) is 13.1 Å². The molecule has 5 heteroatoms. The number of carbonyl (C=O) groups is 1. The van der Waals surface area contributed by atoms with Crippen molar-refractivity contribution in [1.29, 1.82) is 0 Å². The summed E-state index contributed by atoms with van der Waals surface area (Å²) >= 11 is 1.72. The Balaban J connectivity index is 2.06. The van der Waals surface area contributed by atoms with E-state index in [9.17, 15) is 4.79 Å². The van der Waals surface area contributed by atoms with Gasteiger partial charge in [0.05, 0.1) is 6.54 Å². The highest BCUT2D eigenvalue weighted by Gasteiger charge is 2.16. The number of nitrogens with zero attached hydrogens (tertiary/aromatic N) is 1. The van der Waals surface area contributed by atoms with E-state index in [2.05, 4.69) is 23.3 Å². The fraction of sp³-hybridized carbons (Fsp3) is 0.357. The van der Waals surface area contributed by atoms with Gasteiger partial charge in [-0.1, -0.05) is 13.0 Å². The monoisotopic (exact) mass is 279 g/mol. The largest absolute Gasteiger partial charge is 0.475 e. The quantitative estimate of drug-likeness (QED) is 0.880. The van der Waals surface area contributed by atoms with Gasteiger partial charge in [0.2, 0.25) is 5.76 Å². The van der Waals surface area contributed by atoms with Crippen molar-refractivity contribution < 1.29 is 14.3 Å². The highest BCUT2D eigenvalue weighted by molar-refractivity contribution is 7.09. The lowest BCUT2D eigenvalue weighted by atomic mass is 10.2. The smallest absolute Gasteiger partial charge is 0.372 e. The van der Waals surface area contributed by atoms with Gasteiger partial charge in [-0.15, -0.1) is 11.3 Å². The summed E-state index contributed by atoms with van der Waals surface area (Å²) in [7, 11) is 0. The number of thiophene rings is 1. The molecule has 0 saturated heterocycles. The number of carboxylic acids is 1. The summed E-state index contributed by atoms with van der Waals surface area (Å²) in [5.41, 5.74) is 0.676. The number of hydrogen-bond donors (Lipinski definition) is 1. The summed E-state index contributed by atoms with van der Waals surface area (Å²) in [5.74, 6) is -0.263. The van der Waals surface area contributed by atoms with Gasteiger partial charge in [0, 0.05) is 17.0 Å². The number of aromatic carboxylic acids is 1. The Labute approximate surface area is 116 Å². The Morgan fingerprint density at radius 2 is 2.26 bits per heavy atom. The number of rotatable bonds is 6. The van der Waals surface area contributed by atoms with Gasteiger partial charge < -0.3 is 9.52 Å². The van der Waals surface area contributed by atoms with Crippen LogP contribution in [0, 0.1) is 6.92 Å². The van der Waals surface area contributed by atoms with E-state index in [1.54, 1.807) is 24.3 Å². The second kappa shape index (κ2) is 6.04. The highest BCUT2D eigenvalue weighted by Crippen LogP contribution is 2.18. The van der Waals surface area contributed by atoms with Crippen LogP contribution >= 0.6 is 11.3 Å². The molecule has 0 amide bonds. The maximum atomic E-state index is 10.9. The fourth-order valence-corrected chi connectivity index (χ4v) is 2.71. The van der Waals surface area contributed by atoms with Crippen LogP contribution in [0.4, 0.5) is 0 Å². The molecule has 2 aromatic rings. The topological polar surface area (TPSA) is 53.7 Å². The Bertz CT molecular complexity index is 545. The average molecular weight is 279 g/mol. The van der Waals surface area contributed by atoms with Gasteiger partial charge in [-0.25, -0.2) is 4.79 Å². The third kappa shape index (κ3) is 3.45. The zero-order chi connectivity index (χ0) is 13.8. The maximum Gasteiger partial charge on any atom is 0.372 e.